The van der Waals surface area contributed by atoms with Crippen molar-refractivity contribution >= 4 is 10.9 Å². The van der Waals surface area contributed by atoms with Gasteiger partial charge in [-0.3, -0.25) is 4.79 Å². The molecule has 3 rings (SSSR count). The van der Waals surface area contributed by atoms with Gasteiger partial charge in [0.1, 0.15) is 17.8 Å². The van der Waals surface area contributed by atoms with Gasteiger partial charge in [-0.15, -0.1) is 0 Å². The Kier molecular flexibility index (Phi) is 3.73. The van der Waals surface area contributed by atoms with Crippen molar-refractivity contribution in [3.63, 3.8) is 0 Å². The van der Waals surface area contributed by atoms with Crippen molar-refractivity contribution in [2.45, 2.75) is 6.92 Å². The number of nitrogens with zero attached hydrogens (tertiary/aromatic N) is 3. The highest BCUT2D eigenvalue weighted by molar-refractivity contribution is 5.92. The highest BCUT2D eigenvalue weighted by atomic mass is 16.5. The Labute approximate surface area is 133 Å². The number of rotatable bonds is 3. The monoisotopic (exact) mass is 311 g/mol. The van der Waals surface area contributed by atoms with E-state index in [1.165, 1.54) is 17.1 Å². The fourth-order valence-corrected chi connectivity index (χ4v) is 2.66. The number of pyridine rings is 1. The third-order valence-electron chi connectivity index (χ3n) is 3.90. The third-order valence-corrected chi connectivity index (χ3v) is 3.90. The molecule has 6 nitrogen and oxygen atoms in total. The average Bonchev–Trinajstić information content (AvgIpc) is 2.58. The molecule has 23 heavy (non-hydrogen) atoms. The first-order valence-electron chi connectivity index (χ1n) is 7.09. The van der Waals surface area contributed by atoms with Crippen molar-refractivity contribution in [3.8, 4) is 22.6 Å². The van der Waals surface area contributed by atoms with Gasteiger partial charge in [0.05, 0.1) is 25.1 Å². The maximum Gasteiger partial charge on any atom is 0.261 e. The molecule has 0 saturated heterocycles. The second kappa shape index (κ2) is 5.72. The first kappa shape index (κ1) is 15.0. The van der Waals surface area contributed by atoms with Crippen LogP contribution in [0.25, 0.3) is 22.0 Å². The summed E-state index contributed by atoms with van der Waals surface area (Å²) in [5, 5.41) is 0.478. The minimum Gasteiger partial charge on any atom is -0.496 e. The second-order valence-electron chi connectivity index (χ2n) is 5.25. The molecule has 0 fully saturated rings. The van der Waals surface area contributed by atoms with Gasteiger partial charge in [0, 0.05) is 30.6 Å². The fourth-order valence-electron chi connectivity index (χ4n) is 2.66. The second-order valence-corrected chi connectivity index (χ2v) is 5.25. The maximum absolute atomic E-state index is 12.2. The number of fused-ring (bicyclic) bond motifs is 1. The van der Waals surface area contributed by atoms with E-state index in [9.17, 15) is 4.79 Å². The Bertz CT molecular complexity index is 922. The smallest absolute Gasteiger partial charge is 0.261 e. The highest BCUT2D eigenvalue weighted by Crippen LogP contribution is 2.35. The van der Waals surface area contributed by atoms with Gasteiger partial charge in [0.2, 0.25) is 0 Å². The summed E-state index contributed by atoms with van der Waals surface area (Å²) >= 11 is 0. The van der Waals surface area contributed by atoms with Crippen molar-refractivity contribution in [2.75, 3.05) is 14.2 Å². The number of aryl methyl sites for hydroxylation is 1. The Morgan fingerprint density at radius 1 is 1.13 bits per heavy atom. The predicted molar refractivity (Wildman–Crippen MR) is 88.1 cm³/mol. The summed E-state index contributed by atoms with van der Waals surface area (Å²) in [6, 6.07) is 3.83. The molecule has 6 heteroatoms. The lowest BCUT2D eigenvalue weighted by atomic mass is 10.0. The largest absolute Gasteiger partial charge is 0.496 e. The Morgan fingerprint density at radius 3 is 2.39 bits per heavy atom. The average molecular weight is 311 g/mol. The summed E-state index contributed by atoms with van der Waals surface area (Å²) in [5.41, 5.74) is 3.08. The van der Waals surface area contributed by atoms with E-state index in [4.69, 9.17) is 9.47 Å². The molecule has 0 atom stereocenters. The quantitative estimate of drug-likeness (QED) is 0.742. The summed E-state index contributed by atoms with van der Waals surface area (Å²) in [6.45, 7) is 1.93. The normalized spacial score (nSPS) is 10.8. The molecule has 1 aromatic carbocycles. The molecule has 3 aromatic rings. The molecule has 0 radical (unpaired) electrons. The summed E-state index contributed by atoms with van der Waals surface area (Å²) in [6.07, 6.45) is 4.74. The van der Waals surface area contributed by atoms with Gasteiger partial charge in [-0.2, -0.15) is 0 Å². The molecule has 0 saturated carbocycles. The molecule has 0 aliphatic carbocycles. The van der Waals surface area contributed by atoms with Gasteiger partial charge in [0.25, 0.3) is 5.56 Å². The first-order chi connectivity index (χ1) is 11.1. The first-order valence-corrected chi connectivity index (χ1v) is 7.09. The maximum atomic E-state index is 12.2. The molecule has 0 amide bonds. The van der Waals surface area contributed by atoms with Crippen molar-refractivity contribution in [1.82, 2.24) is 14.5 Å². The Balaban J connectivity index is 2.38. The van der Waals surface area contributed by atoms with E-state index >= 15 is 0 Å². The van der Waals surface area contributed by atoms with Crippen molar-refractivity contribution in [1.29, 1.82) is 0 Å². The van der Waals surface area contributed by atoms with E-state index in [1.54, 1.807) is 27.5 Å². The molecular formula is C17H17N3O3. The Hall–Kier alpha value is -2.89. The third kappa shape index (κ3) is 2.42. The van der Waals surface area contributed by atoms with Crippen LogP contribution in [0.15, 0.2) is 35.6 Å². The molecule has 2 heterocycles. The van der Waals surface area contributed by atoms with E-state index in [0.717, 1.165) is 28.2 Å². The molecule has 0 unspecified atom stereocenters. The van der Waals surface area contributed by atoms with Crippen LogP contribution in [0.1, 0.15) is 5.56 Å². The van der Waals surface area contributed by atoms with Crippen LogP contribution in [-0.2, 0) is 7.05 Å². The van der Waals surface area contributed by atoms with Crippen LogP contribution in [0.5, 0.6) is 11.5 Å². The Morgan fingerprint density at radius 2 is 1.78 bits per heavy atom. The van der Waals surface area contributed by atoms with Crippen LogP contribution in [0, 0.1) is 6.92 Å². The zero-order chi connectivity index (χ0) is 16.6. The van der Waals surface area contributed by atoms with Crippen molar-refractivity contribution in [2.24, 2.45) is 7.05 Å². The summed E-state index contributed by atoms with van der Waals surface area (Å²) in [4.78, 5) is 20.5. The van der Waals surface area contributed by atoms with Crippen LogP contribution in [0.2, 0.25) is 0 Å². The summed E-state index contributed by atoms with van der Waals surface area (Å²) in [5.74, 6) is 1.44. The van der Waals surface area contributed by atoms with E-state index in [1.807, 2.05) is 19.1 Å². The number of benzene rings is 1. The molecule has 0 bridgehead atoms. The molecule has 2 aromatic heterocycles. The topological polar surface area (TPSA) is 66.2 Å². The minimum absolute atomic E-state index is 0.129. The molecule has 118 valence electrons. The van der Waals surface area contributed by atoms with Gasteiger partial charge in [-0.05, 0) is 24.6 Å². The highest BCUT2D eigenvalue weighted by Gasteiger charge is 2.14. The standard InChI is InChI=1S/C17H17N3O3/c1-10-14(22-3)5-11(6-15(10)23-4)13-8-20(2)17(21)12-7-18-9-19-16(12)13/h5-9H,1-4H3. The minimum atomic E-state index is -0.129. The van der Waals surface area contributed by atoms with Crippen LogP contribution < -0.4 is 15.0 Å². The van der Waals surface area contributed by atoms with Crippen LogP contribution >= 0.6 is 0 Å². The number of hydrogen-bond acceptors (Lipinski definition) is 5. The van der Waals surface area contributed by atoms with Crippen LogP contribution in [0.3, 0.4) is 0 Å². The van der Waals surface area contributed by atoms with Crippen molar-refractivity contribution in [3.05, 3.63) is 46.8 Å². The molecule has 0 N–H and O–H groups in total. The van der Waals surface area contributed by atoms with Crippen LogP contribution in [0.4, 0.5) is 0 Å². The SMILES string of the molecule is COc1cc(-c2cn(C)c(=O)c3cncnc23)cc(OC)c1C. The zero-order valence-corrected chi connectivity index (χ0v) is 13.5. The lowest BCUT2D eigenvalue weighted by Gasteiger charge is -2.14. The van der Waals surface area contributed by atoms with E-state index in [2.05, 4.69) is 9.97 Å². The van der Waals surface area contributed by atoms with Gasteiger partial charge < -0.3 is 14.0 Å². The van der Waals surface area contributed by atoms with Crippen LogP contribution in [-0.4, -0.2) is 28.8 Å². The fraction of sp³-hybridized carbons (Fsp3) is 0.235. The van der Waals surface area contributed by atoms with E-state index in [0.29, 0.717) is 10.9 Å². The van der Waals surface area contributed by atoms with Gasteiger partial charge in [0.15, 0.2) is 0 Å². The molecule has 0 spiro atoms. The number of hydrogen-bond donors (Lipinski definition) is 0. The molecule has 0 aliphatic rings. The number of aromatic nitrogens is 3. The number of methoxy groups -OCH3 is 2. The van der Waals surface area contributed by atoms with Crippen molar-refractivity contribution < 1.29 is 9.47 Å². The lowest BCUT2D eigenvalue weighted by Crippen LogP contribution is -2.17. The molecular weight excluding hydrogens is 294 g/mol. The predicted octanol–water partition coefficient (Wildman–Crippen LogP) is 2.32. The summed E-state index contributed by atoms with van der Waals surface area (Å²) in [7, 11) is 4.94. The zero-order valence-electron chi connectivity index (χ0n) is 13.5. The summed E-state index contributed by atoms with van der Waals surface area (Å²) < 4.78 is 12.4. The van der Waals surface area contributed by atoms with Gasteiger partial charge in [-0.25, -0.2) is 9.97 Å². The molecule has 0 aliphatic heterocycles. The van der Waals surface area contributed by atoms with Gasteiger partial charge >= 0.3 is 0 Å². The number of ether oxygens (including phenoxy) is 2. The van der Waals surface area contributed by atoms with Gasteiger partial charge in [-0.1, -0.05) is 0 Å². The van der Waals surface area contributed by atoms with E-state index in [-0.39, 0.29) is 5.56 Å². The van der Waals surface area contributed by atoms with E-state index < -0.39 is 0 Å². The lowest BCUT2D eigenvalue weighted by molar-refractivity contribution is 0.389.